The Bertz CT molecular complexity index is 590. The molecular formula is C18H23NO. The lowest BCUT2D eigenvalue weighted by Crippen LogP contribution is -2.14. The molecule has 0 radical (unpaired) electrons. The van der Waals surface area contributed by atoms with E-state index in [4.69, 9.17) is 4.74 Å². The first kappa shape index (κ1) is 14.6. The van der Waals surface area contributed by atoms with E-state index in [1.165, 1.54) is 27.8 Å². The third-order valence-electron chi connectivity index (χ3n) is 3.78. The van der Waals surface area contributed by atoms with Crippen molar-refractivity contribution in [1.82, 2.24) is 5.32 Å². The molecule has 0 aliphatic carbocycles. The molecular weight excluding hydrogens is 246 g/mol. The average molecular weight is 269 g/mol. The molecule has 0 atom stereocenters. The van der Waals surface area contributed by atoms with Gasteiger partial charge in [0.1, 0.15) is 5.75 Å². The van der Waals surface area contributed by atoms with Crippen LogP contribution in [-0.2, 0) is 13.1 Å². The molecule has 20 heavy (non-hydrogen) atoms. The Morgan fingerprint density at radius 3 is 2.25 bits per heavy atom. The number of ether oxygens (including phenoxy) is 1. The fourth-order valence-corrected chi connectivity index (χ4v) is 2.39. The predicted molar refractivity (Wildman–Crippen MR) is 84.2 cm³/mol. The maximum Gasteiger partial charge on any atom is 0.123 e. The van der Waals surface area contributed by atoms with Crippen LogP contribution in [-0.4, -0.2) is 7.11 Å². The van der Waals surface area contributed by atoms with Crippen LogP contribution in [0.25, 0.3) is 0 Å². The van der Waals surface area contributed by atoms with Gasteiger partial charge in [0.05, 0.1) is 7.11 Å². The largest absolute Gasteiger partial charge is 0.496 e. The summed E-state index contributed by atoms with van der Waals surface area (Å²) in [6.45, 7) is 8.20. The van der Waals surface area contributed by atoms with Crippen molar-refractivity contribution in [3.05, 3.63) is 64.2 Å². The Labute approximate surface area is 121 Å². The molecule has 0 unspecified atom stereocenters. The van der Waals surface area contributed by atoms with Gasteiger partial charge in [-0.2, -0.15) is 0 Å². The van der Waals surface area contributed by atoms with Gasteiger partial charge in [-0.1, -0.05) is 30.3 Å². The molecule has 2 heteroatoms. The lowest BCUT2D eigenvalue weighted by atomic mass is 10.0. The highest BCUT2D eigenvalue weighted by Crippen LogP contribution is 2.18. The van der Waals surface area contributed by atoms with Crippen molar-refractivity contribution in [2.24, 2.45) is 0 Å². The van der Waals surface area contributed by atoms with Gasteiger partial charge in [-0.15, -0.1) is 0 Å². The first-order valence-electron chi connectivity index (χ1n) is 7.01. The highest BCUT2D eigenvalue weighted by atomic mass is 16.5. The van der Waals surface area contributed by atoms with Gasteiger partial charge in [0.15, 0.2) is 0 Å². The molecule has 0 bridgehead atoms. The standard InChI is InChI=1S/C18H23NO/c1-13-9-15(3)17(10-14(13)2)12-19-11-16-7-5-6-8-18(16)20-4/h5-10,19H,11-12H2,1-4H3. The van der Waals surface area contributed by atoms with E-state index in [9.17, 15) is 0 Å². The van der Waals surface area contributed by atoms with Gasteiger partial charge < -0.3 is 10.1 Å². The number of hydrogen-bond donors (Lipinski definition) is 1. The summed E-state index contributed by atoms with van der Waals surface area (Å²) in [7, 11) is 1.71. The van der Waals surface area contributed by atoms with Crippen LogP contribution in [0.15, 0.2) is 36.4 Å². The number of methoxy groups -OCH3 is 1. The fraction of sp³-hybridized carbons (Fsp3) is 0.333. The van der Waals surface area contributed by atoms with E-state index in [-0.39, 0.29) is 0 Å². The summed E-state index contributed by atoms with van der Waals surface area (Å²) in [5.74, 6) is 0.941. The first-order chi connectivity index (χ1) is 9.61. The first-order valence-corrected chi connectivity index (χ1v) is 7.01. The van der Waals surface area contributed by atoms with Crippen LogP contribution in [0.1, 0.15) is 27.8 Å². The summed E-state index contributed by atoms with van der Waals surface area (Å²) in [4.78, 5) is 0. The Morgan fingerprint density at radius 2 is 1.50 bits per heavy atom. The van der Waals surface area contributed by atoms with Crippen molar-refractivity contribution < 1.29 is 4.74 Å². The molecule has 0 spiro atoms. The minimum absolute atomic E-state index is 0.816. The number of benzene rings is 2. The Kier molecular flexibility index (Phi) is 4.80. The molecule has 0 saturated carbocycles. The van der Waals surface area contributed by atoms with Crippen molar-refractivity contribution in [2.75, 3.05) is 7.11 Å². The van der Waals surface area contributed by atoms with Crippen molar-refractivity contribution in [1.29, 1.82) is 0 Å². The van der Waals surface area contributed by atoms with Gasteiger partial charge in [-0.25, -0.2) is 0 Å². The smallest absolute Gasteiger partial charge is 0.123 e. The van der Waals surface area contributed by atoms with Crippen molar-refractivity contribution in [3.8, 4) is 5.75 Å². The lowest BCUT2D eigenvalue weighted by Gasteiger charge is -2.12. The Morgan fingerprint density at radius 1 is 0.850 bits per heavy atom. The quantitative estimate of drug-likeness (QED) is 0.888. The van der Waals surface area contributed by atoms with Crippen LogP contribution in [0.5, 0.6) is 5.75 Å². The Hall–Kier alpha value is -1.80. The van der Waals surface area contributed by atoms with E-state index < -0.39 is 0 Å². The molecule has 0 aromatic heterocycles. The van der Waals surface area contributed by atoms with E-state index in [1.54, 1.807) is 7.11 Å². The van der Waals surface area contributed by atoms with Crippen LogP contribution < -0.4 is 10.1 Å². The summed E-state index contributed by atoms with van der Waals surface area (Å²) in [5.41, 5.74) is 6.61. The molecule has 0 fully saturated rings. The van der Waals surface area contributed by atoms with E-state index >= 15 is 0 Å². The molecule has 0 saturated heterocycles. The predicted octanol–water partition coefficient (Wildman–Crippen LogP) is 3.91. The van der Waals surface area contributed by atoms with Crippen molar-refractivity contribution in [2.45, 2.75) is 33.9 Å². The normalized spacial score (nSPS) is 10.6. The number of nitrogens with one attached hydrogen (secondary N) is 1. The minimum atomic E-state index is 0.816. The van der Waals surface area contributed by atoms with Crippen LogP contribution in [0.2, 0.25) is 0 Å². The molecule has 2 nitrogen and oxygen atoms in total. The molecule has 1 N–H and O–H groups in total. The third kappa shape index (κ3) is 3.40. The van der Waals surface area contributed by atoms with Crippen LogP contribution in [0.4, 0.5) is 0 Å². The van der Waals surface area contributed by atoms with Gasteiger partial charge in [0, 0.05) is 18.7 Å². The number of para-hydroxylation sites is 1. The van der Waals surface area contributed by atoms with E-state index in [2.05, 4.69) is 44.3 Å². The zero-order valence-corrected chi connectivity index (χ0v) is 12.8. The summed E-state index contributed by atoms with van der Waals surface area (Å²) >= 11 is 0. The molecule has 0 aliphatic rings. The van der Waals surface area contributed by atoms with E-state index in [0.717, 1.165) is 18.8 Å². The second-order valence-corrected chi connectivity index (χ2v) is 5.28. The molecule has 0 aliphatic heterocycles. The van der Waals surface area contributed by atoms with Gasteiger partial charge in [-0.3, -0.25) is 0 Å². The topological polar surface area (TPSA) is 21.3 Å². The van der Waals surface area contributed by atoms with Crippen molar-refractivity contribution >= 4 is 0 Å². The van der Waals surface area contributed by atoms with Gasteiger partial charge in [0.2, 0.25) is 0 Å². The van der Waals surface area contributed by atoms with E-state index in [0.29, 0.717) is 0 Å². The number of hydrogen-bond acceptors (Lipinski definition) is 2. The second kappa shape index (κ2) is 6.58. The molecule has 2 aromatic rings. The molecule has 106 valence electrons. The fourth-order valence-electron chi connectivity index (χ4n) is 2.39. The SMILES string of the molecule is COc1ccccc1CNCc1cc(C)c(C)cc1C. The molecule has 2 aromatic carbocycles. The lowest BCUT2D eigenvalue weighted by molar-refractivity contribution is 0.407. The monoisotopic (exact) mass is 269 g/mol. The minimum Gasteiger partial charge on any atom is -0.496 e. The number of aryl methyl sites for hydroxylation is 3. The highest BCUT2D eigenvalue weighted by molar-refractivity contribution is 5.37. The summed E-state index contributed by atoms with van der Waals surface area (Å²) in [6, 6.07) is 12.7. The molecule has 0 amide bonds. The molecule has 2 rings (SSSR count). The average Bonchev–Trinajstić information content (AvgIpc) is 2.45. The zero-order valence-electron chi connectivity index (χ0n) is 12.8. The third-order valence-corrected chi connectivity index (χ3v) is 3.78. The van der Waals surface area contributed by atoms with Crippen LogP contribution in [0.3, 0.4) is 0 Å². The van der Waals surface area contributed by atoms with Crippen LogP contribution >= 0.6 is 0 Å². The molecule has 0 heterocycles. The summed E-state index contributed by atoms with van der Waals surface area (Å²) < 4.78 is 5.37. The van der Waals surface area contributed by atoms with Crippen LogP contribution in [0, 0.1) is 20.8 Å². The van der Waals surface area contributed by atoms with Gasteiger partial charge in [0.25, 0.3) is 0 Å². The second-order valence-electron chi connectivity index (χ2n) is 5.28. The van der Waals surface area contributed by atoms with E-state index in [1.807, 2.05) is 18.2 Å². The summed E-state index contributed by atoms with van der Waals surface area (Å²) in [6.07, 6.45) is 0. The Balaban J connectivity index is 2.01. The summed E-state index contributed by atoms with van der Waals surface area (Å²) in [5, 5.41) is 3.50. The highest BCUT2D eigenvalue weighted by Gasteiger charge is 2.04. The van der Waals surface area contributed by atoms with Gasteiger partial charge >= 0.3 is 0 Å². The van der Waals surface area contributed by atoms with Gasteiger partial charge in [-0.05, 0) is 49.1 Å². The van der Waals surface area contributed by atoms with Crippen molar-refractivity contribution in [3.63, 3.8) is 0 Å². The maximum atomic E-state index is 5.37. The number of rotatable bonds is 5. The maximum absolute atomic E-state index is 5.37. The zero-order chi connectivity index (χ0) is 14.5.